The largest absolute Gasteiger partial charge is 0.573 e. The first kappa shape index (κ1) is 96.4. The van der Waals surface area contributed by atoms with Gasteiger partial charge in [-0.25, -0.2) is 4.39 Å². The van der Waals surface area contributed by atoms with Crippen LogP contribution in [0.25, 0.3) is 27.6 Å². The summed E-state index contributed by atoms with van der Waals surface area (Å²) in [7, 11) is 3.26. The maximum Gasteiger partial charge on any atom is 0.573 e. The number of hydrogen-bond donors (Lipinski definition) is 6. The molecule has 0 spiro atoms. The van der Waals surface area contributed by atoms with E-state index in [-0.39, 0.29) is 71.9 Å². The lowest BCUT2D eigenvalue weighted by molar-refractivity contribution is -0.275. The number of nitrogens with zero attached hydrogens (tertiary/aromatic N) is 6. The topological polar surface area (TPSA) is 222 Å². The molecule has 0 aromatic heterocycles. The molecule has 0 saturated carbocycles. The Labute approximate surface area is 755 Å². The number of rotatable bonds is 32. The second-order valence-electron chi connectivity index (χ2n) is 34.4. The van der Waals surface area contributed by atoms with Crippen molar-refractivity contribution in [2.75, 3.05) is 125 Å². The smallest absolute Gasteiger partial charge is 0.497 e. The third-order valence-electron chi connectivity index (χ3n) is 25.4. The number of amides is 6. The SMILES string of the molecule is CC[C@H](CN1CC[C@@H](CNC(=O)c2ccc3cc(OC)ccc3c2)N[C@@H](CCN2CCCCC2)C1=O)c1ccccc1.CC[C@H](CN1CC[C@@H](CNC(=O)c2ccc3ccccc3c2OC)N[C@@H](CCN2CCCCC2)C1=O)c1ccccc1.O=C(/C=C/c1ccc(OC(F)(F)F)c(F)c1)NC[C@@H]1CCN(Cc2cc(Cl)cc(Cl)c2)C(=O)[C@H](CCN2CCCCC2)N1. The van der Waals surface area contributed by atoms with Crippen LogP contribution in [0, 0.1) is 5.82 Å². The van der Waals surface area contributed by atoms with Crippen molar-refractivity contribution in [1.29, 1.82) is 0 Å². The van der Waals surface area contributed by atoms with Crippen molar-refractivity contribution in [3.05, 3.63) is 225 Å². The number of benzene rings is 8. The van der Waals surface area contributed by atoms with Crippen molar-refractivity contribution in [2.24, 2.45) is 0 Å². The van der Waals surface area contributed by atoms with Gasteiger partial charge in [-0.3, -0.25) is 28.8 Å². The number of piperidine rings is 3. The van der Waals surface area contributed by atoms with Crippen LogP contribution in [0.15, 0.2) is 176 Å². The van der Waals surface area contributed by atoms with E-state index in [4.69, 9.17) is 32.7 Å². The predicted octanol–water partition coefficient (Wildman–Crippen LogP) is 16.2. The van der Waals surface area contributed by atoms with Gasteiger partial charge >= 0.3 is 6.36 Å². The van der Waals surface area contributed by atoms with Gasteiger partial charge < -0.3 is 75.5 Å². The summed E-state index contributed by atoms with van der Waals surface area (Å²) in [6, 6.07) is 51.4. The molecule has 6 aliphatic heterocycles. The van der Waals surface area contributed by atoms with Crippen LogP contribution in [-0.4, -0.2) is 233 Å². The van der Waals surface area contributed by atoms with Crippen molar-refractivity contribution < 1.29 is 60.5 Å². The van der Waals surface area contributed by atoms with Crippen LogP contribution in [0.5, 0.6) is 17.2 Å². The van der Waals surface area contributed by atoms with Crippen LogP contribution in [0.3, 0.4) is 0 Å². The Balaban J connectivity index is 0.000000173. The summed E-state index contributed by atoms with van der Waals surface area (Å²) < 4.78 is 65.7. The molecule has 0 bridgehead atoms. The second kappa shape index (κ2) is 48.6. The molecular formula is C100H126Cl2F4N12O9. The molecule has 0 radical (unpaired) electrons. The van der Waals surface area contributed by atoms with Crippen LogP contribution < -0.4 is 46.1 Å². The number of alkyl halides is 3. The van der Waals surface area contributed by atoms with Gasteiger partial charge in [-0.1, -0.05) is 166 Å². The van der Waals surface area contributed by atoms with Crippen molar-refractivity contribution >= 4 is 86.3 Å². The molecule has 8 atom stereocenters. The number of carbonyl (C=O) groups excluding carboxylic acids is 6. The fourth-order valence-electron chi connectivity index (χ4n) is 18.2. The molecule has 682 valence electrons. The standard InChI is InChI=1S/2C35H46N4O3.C30H34Cl2F4N4O3/c1-3-26(27-12-6-4-7-13-27)25-39-23-18-29(37-32(35(39)41)19-22-38-20-10-5-11-21-38)24-36-34(40)31-17-16-28-14-8-9-15-30(28)33(31)42-2;1-3-26(27-10-6-4-7-11-27)25-39-21-16-31(37-33(35(39)41)17-20-38-18-8-5-9-19-38)24-36-34(40)30-13-12-29-23-32(42-2)15-14-28(29)22-30;31-22-14-21(15-23(32)17-22)19-40-13-8-24(38-26(29(40)42)9-12-39-10-2-1-3-11-39)18-37-28(41)7-5-20-4-6-27(25(33)16-20)43-30(34,35)36/h4,6-9,12-17,26,29,32,37H,3,5,10-11,18-25H2,1-2H3,(H,36,40);4,6-7,10-15,22-23,26,31,33,37H,3,5,8-9,16-21,24-25H2,1-2H3,(H,36,40);4-7,14-17,24,26,38H,1-3,8-13,18-19H2,(H,37,41)/b;;7-5+/t26-,29+,32+;26-,31+,33+;24-,26-/m110/s1. The average Bonchev–Trinajstić information content (AvgIpc) is 1.36. The minimum atomic E-state index is -5.01. The summed E-state index contributed by atoms with van der Waals surface area (Å²) in [6.45, 7) is 18.3. The maximum absolute atomic E-state index is 14.0. The first-order valence-electron chi connectivity index (χ1n) is 45.6. The molecule has 14 rings (SSSR count). The van der Waals surface area contributed by atoms with E-state index >= 15 is 0 Å². The van der Waals surface area contributed by atoms with E-state index < -0.39 is 29.9 Å². The summed E-state index contributed by atoms with van der Waals surface area (Å²) in [4.78, 5) is 93.9. The Hall–Kier alpha value is -9.70. The van der Waals surface area contributed by atoms with Gasteiger partial charge in [-0.2, -0.15) is 0 Å². The molecule has 0 unspecified atom stereocenters. The molecule has 6 amide bonds. The molecule has 127 heavy (non-hydrogen) atoms. The number of nitrogens with one attached hydrogen (secondary N) is 6. The van der Waals surface area contributed by atoms with Gasteiger partial charge in [0.2, 0.25) is 23.6 Å². The highest BCUT2D eigenvalue weighted by atomic mass is 35.5. The lowest BCUT2D eigenvalue weighted by atomic mass is 9.95. The van der Waals surface area contributed by atoms with Gasteiger partial charge in [0.15, 0.2) is 11.6 Å². The number of fused-ring (bicyclic) bond motifs is 2. The number of ether oxygens (including phenoxy) is 3. The molecule has 8 aromatic carbocycles. The summed E-state index contributed by atoms with van der Waals surface area (Å²) in [5.74, 6) is -0.529. The van der Waals surface area contributed by atoms with Gasteiger partial charge in [0.1, 0.15) is 11.5 Å². The Kier molecular flexibility index (Phi) is 36.9. The Morgan fingerprint density at radius 1 is 0.496 bits per heavy atom. The molecule has 6 N–H and O–H groups in total. The quantitative estimate of drug-likeness (QED) is 0.0170. The molecule has 21 nitrogen and oxygen atoms in total. The van der Waals surface area contributed by atoms with Crippen molar-refractivity contribution in [1.82, 2.24) is 61.3 Å². The van der Waals surface area contributed by atoms with Gasteiger partial charge in [-0.05, 0) is 234 Å². The van der Waals surface area contributed by atoms with Crippen LogP contribution >= 0.6 is 23.2 Å². The normalized spacial score (nSPS) is 20.6. The fourth-order valence-corrected chi connectivity index (χ4v) is 18.8. The van der Waals surface area contributed by atoms with Gasteiger partial charge in [0.05, 0.1) is 37.9 Å². The first-order chi connectivity index (χ1) is 61.5. The summed E-state index contributed by atoms with van der Waals surface area (Å²) in [5, 5.41) is 24.8. The molecule has 6 fully saturated rings. The molecule has 6 saturated heterocycles. The Morgan fingerprint density at radius 2 is 0.961 bits per heavy atom. The summed E-state index contributed by atoms with van der Waals surface area (Å²) >= 11 is 12.4. The van der Waals surface area contributed by atoms with E-state index in [1.54, 1.807) is 37.3 Å². The number of carbonyl (C=O) groups is 6. The zero-order valence-electron chi connectivity index (χ0n) is 73.8. The lowest BCUT2D eigenvalue weighted by Gasteiger charge is -2.31. The van der Waals surface area contributed by atoms with Crippen molar-refractivity contribution in [3.8, 4) is 17.2 Å². The maximum atomic E-state index is 14.0. The Morgan fingerprint density at radius 3 is 1.46 bits per heavy atom. The molecular weight excluding hydrogens is 1660 g/mol. The molecule has 6 heterocycles. The van der Waals surface area contributed by atoms with E-state index in [9.17, 15) is 46.3 Å². The minimum absolute atomic E-state index is 0.00231. The summed E-state index contributed by atoms with van der Waals surface area (Å²) in [5.41, 5.74) is 4.74. The van der Waals surface area contributed by atoms with Crippen molar-refractivity contribution in [3.63, 3.8) is 0 Å². The lowest BCUT2D eigenvalue weighted by Crippen LogP contribution is -2.50. The van der Waals surface area contributed by atoms with Gasteiger partial charge in [-0.15, -0.1) is 13.2 Å². The predicted molar refractivity (Wildman–Crippen MR) is 495 cm³/mol. The Bertz CT molecular complexity index is 4900. The molecule has 8 aromatic rings. The number of halogens is 6. The highest BCUT2D eigenvalue weighted by molar-refractivity contribution is 6.34. The number of methoxy groups -OCH3 is 2. The van der Waals surface area contributed by atoms with E-state index in [0.717, 1.165) is 162 Å². The van der Waals surface area contributed by atoms with Crippen LogP contribution in [0.4, 0.5) is 17.6 Å². The van der Waals surface area contributed by atoms with E-state index in [2.05, 4.69) is 124 Å². The van der Waals surface area contributed by atoms with Crippen LogP contribution in [-0.2, 0) is 25.7 Å². The molecule has 6 aliphatic rings. The van der Waals surface area contributed by atoms with Crippen molar-refractivity contribution in [2.45, 2.75) is 184 Å². The summed E-state index contributed by atoms with van der Waals surface area (Å²) in [6.07, 6.45) is 14.8. The zero-order valence-corrected chi connectivity index (χ0v) is 75.3. The zero-order chi connectivity index (χ0) is 89.6. The highest BCUT2D eigenvalue weighted by Gasteiger charge is 2.38. The van der Waals surface area contributed by atoms with E-state index in [0.29, 0.717) is 97.4 Å². The first-order valence-corrected chi connectivity index (χ1v) is 46.4. The van der Waals surface area contributed by atoms with Gasteiger partial charge in [0.25, 0.3) is 11.8 Å². The van der Waals surface area contributed by atoms with Gasteiger partial charge in [0, 0.05) is 136 Å². The van der Waals surface area contributed by atoms with Crippen LogP contribution in [0.2, 0.25) is 10.0 Å². The number of likely N-dealkylation sites (tertiary alicyclic amines) is 3. The van der Waals surface area contributed by atoms with E-state index in [1.807, 2.05) is 84.9 Å². The number of hydrogen-bond acceptors (Lipinski definition) is 15. The third kappa shape index (κ3) is 29.2. The molecule has 27 heteroatoms. The fraction of sp³-hybridized carbons (Fsp3) is 0.480. The van der Waals surface area contributed by atoms with Crippen LogP contribution in [0.1, 0.15) is 178 Å². The minimum Gasteiger partial charge on any atom is -0.497 e. The monoisotopic (exact) mass is 1780 g/mol. The third-order valence-corrected chi connectivity index (χ3v) is 25.9. The van der Waals surface area contributed by atoms with E-state index in [1.165, 1.54) is 74.3 Å². The average molecular weight is 1790 g/mol. The highest BCUT2D eigenvalue weighted by Crippen LogP contribution is 2.33. The second-order valence-corrected chi connectivity index (χ2v) is 35.2. The molecule has 0 aliphatic carbocycles.